The molecule has 0 spiro atoms. The molecule has 8 nitrogen and oxygen atoms in total. The standard InChI is InChI=1S/C19H27N5O3/c1-4-20-18(22-12-19(2,25)15-10-23-24(3)11-15)21-8-7-14-5-6-16-17(9-14)27-13-26-16/h5-6,9-11,25H,4,7-8,12-13H2,1-3H3,(H2,20,21,22). The van der Waals surface area contributed by atoms with Gasteiger partial charge in [-0.15, -0.1) is 0 Å². The van der Waals surface area contributed by atoms with Crippen LogP contribution in [0.4, 0.5) is 0 Å². The first-order valence-electron chi connectivity index (χ1n) is 9.10. The highest BCUT2D eigenvalue weighted by molar-refractivity contribution is 5.79. The maximum atomic E-state index is 10.7. The molecule has 1 aliphatic rings. The Balaban J connectivity index is 1.56. The van der Waals surface area contributed by atoms with E-state index in [0.29, 0.717) is 12.5 Å². The molecule has 0 radical (unpaired) electrons. The van der Waals surface area contributed by atoms with Crippen molar-refractivity contribution in [2.24, 2.45) is 12.0 Å². The maximum absolute atomic E-state index is 10.7. The van der Waals surface area contributed by atoms with E-state index in [1.165, 1.54) is 0 Å². The summed E-state index contributed by atoms with van der Waals surface area (Å²) in [6.07, 6.45) is 4.28. The summed E-state index contributed by atoms with van der Waals surface area (Å²) in [6, 6.07) is 5.97. The molecule has 1 aliphatic heterocycles. The van der Waals surface area contributed by atoms with Crippen LogP contribution in [-0.2, 0) is 19.1 Å². The van der Waals surface area contributed by atoms with Gasteiger partial charge in [0.1, 0.15) is 5.60 Å². The Bertz CT molecular complexity index is 800. The lowest BCUT2D eigenvalue weighted by atomic mass is 10.0. The number of hydrogen-bond acceptors (Lipinski definition) is 5. The molecule has 1 aromatic carbocycles. The van der Waals surface area contributed by atoms with Gasteiger partial charge in [0.05, 0.1) is 12.7 Å². The van der Waals surface area contributed by atoms with Gasteiger partial charge in [-0.1, -0.05) is 6.07 Å². The normalized spacial score (nSPS) is 15.5. The highest BCUT2D eigenvalue weighted by Crippen LogP contribution is 2.32. The number of aryl methyl sites for hydroxylation is 1. The van der Waals surface area contributed by atoms with Crippen LogP contribution in [0.15, 0.2) is 35.6 Å². The molecule has 0 saturated carbocycles. The Morgan fingerprint density at radius 3 is 2.89 bits per heavy atom. The Hall–Kier alpha value is -2.74. The van der Waals surface area contributed by atoms with Gasteiger partial charge >= 0.3 is 0 Å². The van der Waals surface area contributed by atoms with Crippen molar-refractivity contribution in [3.8, 4) is 11.5 Å². The Kier molecular flexibility index (Phi) is 5.85. The van der Waals surface area contributed by atoms with E-state index in [0.717, 1.165) is 35.6 Å². The van der Waals surface area contributed by atoms with E-state index in [2.05, 4.69) is 20.7 Å². The number of nitrogens with zero attached hydrogens (tertiary/aromatic N) is 3. The lowest BCUT2D eigenvalue weighted by Crippen LogP contribution is -2.39. The summed E-state index contributed by atoms with van der Waals surface area (Å²) in [5.41, 5.74) is 0.823. The second-order valence-corrected chi connectivity index (χ2v) is 6.74. The van der Waals surface area contributed by atoms with Crippen molar-refractivity contribution in [1.82, 2.24) is 20.4 Å². The molecular formula is C19H27N5O3. The zero-order valence-corrected chi connectivity index (χ0v) is 16.0. The maximum Gasteiger partial charge on any atom is 0.231 e. The van der Waals surface area contributed by atoms with Gasteiger partial charge in [-0.05, 0) is 38.0 Å². The van der Waals surface area contributed by atoms with Crippen molar-refractivity contribution < 1.29 is 14.6 Å². The zero-order chi connectivity index (χ0) is 19.3. The minimum absolute atomic E-state index is 0.234. The highest BCUT2D eigenvalue weighted by Gasteiger charge is 2.24. The summed E-state index contributed by atoms with van der Waals surface area (Å²) in [5, 5.41) is 21.3. The molecule has 3 rings (SSSR count). The van der Waals surface area contributed by atoms with Crippen molar-refractivity contribution in [1.29, 1.82) is 0 Å². The number of rotatable bonds is 7. The lowest BCUT2D eigenvalue weighted by Gasteiger charge is -2.20. The number of guanidine groups is 1. The zero-order valence-electron chi connectivity index (χ0n) is 16.0. The smallest absolute Gasteiger partial charge is 0.231 e. The van der Waals surface area contributed by atoms with Gasteiger partial charge < -0.3 is 25.2 Å². The molecule has 0 bridgehead atoms. The van der Waals surface area contributed by atoms with E-state index in [4.69, 9.17) is 9.47 Å². The molecule has 0 aliphatic carbocycles. The third kappa shape index (κ3) is 4.91. The number of aliphatic hydroxyl groups is 1. The van der Waals surface area contributed by atoms with Gasteiger partial charge in [-0.25, -0.2) is 4.99 Å². The van der Waals surface area contributed by atoms with Crippen LogP contribution in [0, 0.1) is 0 Å². The van der Waals surface area contributed by atoms with Crippen LogP contribution >= 0.6 is 0 Å². The summed E-state index contributed by atoms with van der Waals surface area (Å²) in [6.45, 7) is 5.71. The SMILES string of the molecule is CCNC(=NCC(C)(O)c1cnn(C)c1)NCCc1ccc2c(c1)OCO2. The molecule has 1 unspecified atom stereocenters. The first kappa shape index (κ1) is 19.0. The van der Waals surface area contributed by atoms with E-state index < -0.39 is 5.60 Å². The van der Waals surface area contributed by atoms with E-state index in [1.807, 2.05) is 32.2 Å². The molecule has 0 amide bonds. The number of fused-ring (bicyclic) bond motifs is 1. The van der Waals surface area contributed by atoms with Crippen molar-refractivity contribution in [3.05, 3.63) is 41.7 Å². The fraction of sp³-hybridized carbons (Fsp3) is 0.474. The minimum atomic E-state index is -1.08. The lowest BCUT2D eigenvalue weighted by molar-refractivity contribution is 0.0672. The number of ether oxygens (including phenoxy) is 2. The summed E-state index contributed by atoms with van der Waals surface area (Å²) in [5.74, 6) is 2.25. The summed E-state index contributed by atoms with van der Waals surface area (Å²) >= 11 is 0. The molecule has 0 saturated heterocycles. The van der Waals surface area contributed by atoms with E-state index in [1.54, 1.807) is 24.0 Å². The van der Waals surface area contributed by atoms with Crippen LogP contribution in [0.1, 0.15) is 25.0 Å². The fourth-order valence-corrected chi connectivity index (χ4v) is 2.79. The minimum Gasteiger partial charge on any atom is -0.454 e. The van der Waals surface area contributed by atoms with Crippen molar-refractivity contribution in [2.45, 2.75) is 25.9 Å². The molecule has 0 fully saturated rings. The molecule has 2 aromatic rings. The van der Waals surface area contributed by atoms with Crippen molar-refractivity contribution in [3.63, 3.8) is 0 Å². The van der Waals surface area contributed by atoms with Crippen LogP contribution in [0.3, 0.4) is 0 Å². The second kappa shape index (κ2) is 8.30. The van der Waals surface area contributed by atoms with Crippen LogP contribution < -0.4 is 20.1 Å². The van der Waals surface area contributed by atoms with Crippen LogP contribution in [0.25, 0.3) is 0 Å². The quantitative estimate of drug-likeness (QED) is 0.498. The second-order valence-electron chi connectivity index (χ2n) is 6.74. The molecule has 146 valence electrons. The highest BCUT2D eigenvalue weighted by atomic mass is 16.7. The van der Waals surface area contributed by atoms with E-state index in [-0.39, 0.29) is 13.3 Å². The number of benzene rings is 1. The monoisotopic (exact) mass is 373 g/mol. The van der Waals surface area contributed by atoms with Crippen molar-refractivity contribution in [2.75, 3.05) is 26.4 Å². The van der Waals surface area contributed by atoms with Gasteiger partial charge in [0.2, 0.25) is 6.79 Å². The predicted molar refractivity (Wildman–Crippen MR) is 103 cm³/mol. The number of aliphatic imine (C=N–C) groups is 1. The Morgan fingerprint density at radius 1 is 1.33 bits per heavy atom. The van der Waals surface area contributed by atoms with Gasteiger partial charge in [0, 0.05) is 31.9 Å². The first-order valence-corrected chi connectivity index (χ1v) is 9.10. The number of nitrogens with one attached hydrogen (secondary N) is 2. The fourth-order valence-electron chi connectivity index (χ4n) is 2.79. The molecule has 8 heteroatoms. The van der Waals surface area contributed by atoms with Gasteiger partial charge in [0.15, 0.2) is 17.5 Å². The molecule has 3 N–H and O–H groups in total. The van der Waals surface area contributed by atoms with Gasteiger partial charge in [-0.3, -0.25) is 4.68 Å². The molecule has 1 atom stereocenters. The average Bonchev–Trinajstić information content (AvgIpc) is 3.28. The third-order valence-electron chi connectivity index (χ3n) is 4.36. The molecule has 2 heterocycles. The van der Waals surface area contributed by atoms with E-state index >= 15 is 0 Å². The predicted octanol–water partition coefficient (Wildman–Crippen LogP) is 1.15. The molecule has 1 aromatic heterocycles. The summed E-state index contributed by atoms with van der Waals surface area (Å²) in [4.78, 5) is 4.52. The van der Waals surface area contributed by atoms with Gasteiger partial charge in [-0.2, -0.15) is 5.10 Å². The van der Waals surface area contributed by atoms with Crippen LogP contribution in [0.5, 0.6) is 11.5 Å². The summed E-state index contributed by atoms with van der Waals surface area (Å²) in [7, 11) is 1.82. The number of aromatic nitrogens is 2. The largest absolute Gasteiger partial charge is 0.454 e. The molecule has 27 heavy (non-hydrogen) atoms. The third-order valence-corrected chi connectivity index (χ3v) is 4.36. The number of hydrogen-bond donors (Lipinski definition) is 3. The van der Waals surface area contributed by atoms with E-state index in [9.17, 15) is 5.11 Å². The van der Waals surface area contributed by atoms with Crippen molar-refractivity contribution >= 4 is 5.96 Å². The Morgan fingerprint density at radius 2 is 2.15 bits per heavy atom. The summed E-state index contributed by atoms with van der Waals surface area (Å²) < 4.78 is 12.4. The topological polar surface area (TPSA) is 92.9 Å². The molecular weight excluding hydrogens is 346 g/mol. The first-order chi connectivity index (χ1) is 13.0. The van der Waals surface area contributed by atoms with Crippen LogP contribution in [0.2, 0.25) is 0 Å². The average molecular weight is 373 g/mol. The Labute approximate surface area is 159 Å². The van der Waals surface area contributed by atoms with Crippen LogP contribution in [-0.4, -0.2) is 47.3 Å². The van der Waals surface area contributed by atoms with Gasteiger partial charge in [0.25, 0.3) is 0 Å².